The van der Waals surface area contributed by atoms with E-state index in [1.54, 1.807) is 14.2 Å². The number of rotatable bonds is 5. The summed E-state index contributed by atoms with van der Waals surface area (Å²) in [6.45, 7) is 0.901. The van der Waals surface area contributed by atoms with Gasteiger partial charge in [0.25, 0.3) is 0 Å². The van der Waals surface area contributed by atoms with Crippen molar-refractivity contribution in [3.63, 3.8) is 0 Å². The van der Waals surface area contributed by atoms with Crippen molar-refractivity contribution >= 4 is 12.2 Å². The van der Waals surface area contributed by atoms with Crippen LogP contribution in [0, 0.1) is 4.77 Å². The molecule has 2 heterocycles. The maximum Gasteiger partial charge on any atom is 0.451 e. The van der Waals surface area contributed by atoms with E-state index in [1.807, 2.05) is 18.2 Å². The fraction of sp³-hybridized carbons (Fsp3) is 0.529. The van der Waals surface area contributed by atoms with Crippen molar-refractivity contribution in [2.24, 2.45) is 7.05 Å². The minimum Gasteiger partial charge on any atom is -0.497 e. The van der Waals surface area contributed by atoms with E-state index in [1.165, 1.54) is 11.7 Å². The summed E-state index contributed by atoms with van der Waals surface area (Å²) in [4.78, 5) is 2.06. The highest BCUT2D eigenvalue weighted by Crippen LogP contribution is 2.39. The van der Waals surface area contributed by atoms with Crippen LogP contribution in [0.3, 0.4) is 0 Å². The normalized spacial score (nSPS) is 18.1. The minimum atomic E-state index is -4.55. The average molecular weight is 402 g/mol. The molecule has 1 atom stereocenters. The van der Waals surface area contributed by atoms with E-state index in [-0.39, 0.29) is 17.5 Å². The third kappa shape index (κ3) is 3.81. The number of nitrogens with zero attached hydrogens (tertiary/aromatic N) is 4. The zero-order chi connectivity index (χ0) is 19.8. The topological polar surface area (TPSA) is 44.5 Å². The van der Waals surface area contributed by atoms with Crippen LogP contribution >= 0.6 is 12.2 Å². The Morgan fingerprint density at radius 2 is 2.00 bits per heavy atom. The highest BCUT2D eigenvalue weighted by molar-refractivity contribution is 7.71. The molecule has 0 radical (unpaired) electrons. The molecule has 0 spiro atoms. The molecular weight excluding hydrogens is 381 g/mol. The van der Waals surface area contributed by atoms with Gasteiger partial charge in [-0.3, -0.25) is 9.47 Å². The molecule has 0 aliphatic carbocycles. The lowest BCUT2D eigenvalue weighted by atomic mass is 10.0. The van der Waals surface area contributed by atoms with E-state index < -0.39 is 12.0 Å². The number of alkyl halides is 3. The van der Waals surface area contributed by atoms with Gasteiger partial charge < -0.3 is 9.47 Å². The summed E-state index contributed by atoms with van der Waals surface area (Å²) in [6, 6.07) is 5.53. The second kappa shape index (κ2) is 7.51. The number of likely N-dealkylation sites (tertiary alicyclic amines) is 1. The fourth-order valence-corrected chi connectivity index (χ4v) is 3.63. The maximum absolute atomic E-state index is 13.1. The van der Waals surface area contributed by atoms with Crippen molar-refractivity contribution < 1.29 is 22.6 Å². The Kier molecular flexibility index (Phi) is 5.48. The molecule has 27 heavy (non-hydrogen) atoms. The SMILES string of the molecule is COc1ccc(OC)c([C@@H]2CCCN2Cn2nc(C(F)(F)F)n(C)c2=S)c1. The summed E-state index contributed by atoms with van der Waals surface area (Å²) in [5.41, 5.74) is 0.938. The van der Waals surface area contributed by atoms with E-state index in [2.05, 4.69) is 10.00 Å². The van der Waals surface area contributed by atoms with Crippen LogP contribution in [0.25, 0.3) is 0 Å². The molecule has 0 unspecified atom stereocenters. The first-order chi connectivity index (χ1) is 12.8. The summed E-state index contributed by atoms with van der Waals surface area (Å²) in [6.07, 6.45) is -2.78. The molecule has 3 rings (SSSR count). The molecule has 0 bridgehead atoms. The molecule has 6 nitrogen and oxygen atoms in total. The number of methoxy groups -OCH3 is 2. The molecule has 1 saturated heterocycles. The number of halogens is 3. The number of hydrogen-bond acceptors (Lipinski definition) is 5. The lowest BCUT2D eigenvalue weighted by molar-refractivity contribution is -0.147. The Morgan fingerprint density at radius 3 is 2.59 bits per heavy atom. The van der Waals surface area contributed by atoms with Crippen molar-refractivity contribution in [1.82, 2.24) is 19.2 Å². The molecule has 1 aromatic carbocycles. The molecular formula is C17H21F3N4O2S. The average Bonchev–Trinajstić information content (AvgIpc) is 3.20. The van der Waals surface area contributed by atoms with Crippen molar-refractivity contribution in [1.29, 1.82) is 0 Å². The number of ether oxygens (including phenoxy) is 2. The van der Waals surface area contributed by atoms with Gasteiger partial charge in [0.2, 0.25) is 5.82 Å². The van der Waals surface area contributed by atoms with Crippen LogP contribution in [0.5, 0.6) is 11.5 Å². The smallest absolute Gasteiger partial charge is 0.451 e. The van der Waals surface area contributed by atoms with E-state index in [9.17, 15) is 13.2 Å². The van der Waals surface area contributed by atoms with Gasteiger partial charge in [0.15, 0.2) is 4.77 Å². The summed E-state index contributed by atoms with van der Waals surface area (Å²) in [5, 5.41) is 3.70. The molecule has 0 N–H and O–H groups in total. The van der Waals surface area contributed by atoms with Gasteiger partial charge in [-0.1, -0.05) is 0 Å². The Labute approximate surface area is 160 Å². The molecule has 1 fully saturated rings. The molecule has 10 heteroatoms. The van der Waals surface area contributed by atoms with Crippen LogP contribution in [-0.4, -0.2) is 40.0 Å². The van der Waals surface area contributed by atoms with E-state index >= 15 is 0 Å². The maximum atomic E-state index is 13.1. The minimum absolute atomic E-state index is 0.0201. The highest BCUT2D eigenvalue weighted by atomic mass is 32.1. The summed E-state index contributed by atoms with van der Waals surface area (Å²) in [7, 11) is 4.46. The van der Waals surface area contributed by atoms with Crippen molar-refractivity contribution in [2.45, 2.75) is 31.7 Å². The van der Waals surface area contributed by atoms with Gasteiger partial charge in [0.05, 0.1) is 20.9 Å². The largest absolute Gasteiger partial charge is 0.497 e. The molecule has 0 amide bonds. The van der Waals surface area contributed by atoms with Crippen molar-refractivity contribution in [2.75, 3.05) is 20.8 Å². The lowest BCUT2D eigenvalue weighted by Crippen LogP contribution is -2.27. The van der Waals surface area contributed by atoms with E-state index in [0.29, 0.717) is 11.5 Å². The van der Waals surface area contributed by atoms with Crippen LogP contribution in [0.1, 0.15) is 30.3 Å². The van der Waals surface area contributed by atoms with Gasteiger partial charge in [-0.25, -0.2) is 4.68 Å². The third-order valence-corrected chi connectivity index (χ3v) is 5.25. The summed E-state index contributed by atoms with van der Waals surface area (Å²) in [5.74, 6) is 0.418. The zero-order valence-electron chi connectivity index (χ0n) is 15.3. The Morgan fingerprint density at radius 1 is 1.26 bits per heavy atom. The first-order valence-corrected chi connectivity index (χ1v) is 8.84. The first kappa shape index (κ1) is 19.7. The van der Waals surface area contributed by atoms with Crippen LogP contribution in [-0.2, 0) is 19.9 Å². The monoisotopic (exact) mass is 402 g/mol. The van der Waals surface area contributed by atoms with Crippen molar-refractivity contribution in [3.8, 4) is 11.5 Å². The third-order valence-electron chi connectivity index (χ3n) is 4.77. The summed E-state index contributed by atoms with van der Waals surface area (Å²) >= 11 is 5.15. The molecule has 0 saturated carbocycles. The molecule has 2 aromatic rings. The lowest BCUT2D eigenvalue weighted by Gasteiger charge is -2.26. The summed E-state index contributed by atoms with van der Waals surface area (Å²) < 4.78 is 52.2. The van der Waals surface area contributed by atoms with Crippen LogP contribution < -0.4 is 9.47 Å². The van der Waals surface area contributed by atoms with Crippen LogP contribution in [0.15, 0.2) is 18.2 Å². The quantitative estimate of drug-likeness (QED) is 0.713. The number of benzene rings is 1. The molecule has 148 valence electrons. The van der Waals surface area contributed by atoms with Gasteiger partial charge in [-0.2, -0.15) is 13.2 Å². The van der Waals surface area contributed by atoms with E-state index in [4.69, 9.17) is 21.7 Å². The zero-order valence-corrected chi connectivity index (χ0v) is 16.1. The molecule has 1 aliphatic heterocycles. The molecule has 1 aliphatic rings. The fourth-order valence-electron chi connectivity index (χ4n) is 3.45. The van der Waals surface area contributed by atoms with Gasteiger partial charge in [-0.05, 0) is 43.3 Å². The van der Waals surface area contributed by atoms with Gasteiger partial charge in [0.1, 0.15) is 11.5 Å². The van der Waals surface area contributed by atoms with E-state index in [0.717, 1.165) is 29.5 Å². The second-order valence-electron chi connectivity index (χ2n) is 6.38. The first-order valence-electron chi connectivity index (χ1n) is 8.43. The predicted molar refractivity (Wildman–Crippen MR) is 95.3 cm³/mol. The Hall–Kier alpha value is -2.07. The second-order valence-corrected chi connectivity index (χ2v) is 6.75. The Balaban J connectivity index is 1.92. The van der Waals surface area contributed by atoms with Crippen LogP contribution in [0.2, 0.25) is 0 Å². The van der Waals surface area contributed by atoms with Gasteiger partial charge in [0, 0.05) is 25.2 Å². The van der Waals surface area contributed by atoms with Crippen LogP contribution in [0.4, 0.5) is 13.2 Å². The number of aromatic nitrogens is 3. The molecule has 1 aromatic heterocycles. The van der Waals surface area contributed by atoms with Crippen molar-refractivity contribution in [3.05, 3.63) is 34.4 Å². The Bertz CT molecular complexity index is 878. The predicted octanol–water partition coefficient (Wildman–Crippen LogP) is 3.78. The number of hydrogen-bond donors (Lipinski definition) is 0. The highest BCUT2D eigenvalue weighted by Gasteiger charge is 2.38. The standard InChI is InChI=1S/C17H21F3N4O2S/c1-22-15(17(18,19)20)21-24(16(22)27)10-23-8-4-5-13(23)12-9-11(25-2)6-7-14(12)26-3/h6-7,9,13H,4-5,8,10H2,1-3H3/t13-/m0/s1. The van der Waals surface area contributed by atoms with Gasteiger partial charge >= 0.3 is 6.18 Å². The van der Waals surface area contributed by atoms with Gasteiger partial charge in [-0.15, -0.1) is 5.10 Å².